The van der Waals surface area contributed by atoms with Gasteiger partial charge in [0.2, 0.25) is 5.91 Å². The Morgan fingerprint density at radius 3 is 2.85 bits per heavy atom. The fourth-order valence-electron chi connectivity index (χ4n) is 4.80. The Balaban J connectivity index is 1.49. The number of nitrogens with two attached hydrogens (primary N) is 1. The smallest absolute Gasteiger partial charge is 0.255 e. The SMILES string of the molecule is Cc1c(C(=O)NC2CCC[C@H](C)C(=O)Nc3cc(N)ccc3-c3ccnc2c3)cnn1-c1cccc(Cl)c1F. The molecule has 0 saturated carbocycles. The number of hydrogen-bond donors (Lipinski definition) is 3. The number of nitrogens with one attached hydrogen (secondary N) is 2. The Hall–Kier alpha value is -4.24. The molecule has 0 fully saturated rings. The highest BCUT2D eigenvalue weighted by molar-refractivity contribution is 6.30. The minimum atomic E-state index is -0.613. The van der Waals surface area contributed by atoms with Gasteiger partial charge in [-0.2, -0.15) is 5.10 Å². The van der Waals surface area contributed by atoms with E-state index >= 15 is 0 Å². The van der Waals surface area contributed by atoms with Gasteiger partial charge in [-0.3, -0.25) is 14.6 Å². The van der Waals surface area contributed by atoms with Crippen LogP contribution in [0.15, 0.2) is 60.9 Å². The second-order valence-electron chi connectivity index (χ2n) is 9.75. The van der Waals surface area contributed by atoms with Crippen molar-refractivity contribution in [3.05, 3.63) is 88.7 Å². The highest BCUT2D eigenvalue weighted by Gasteiger charge is 2.24. The first-order valence-electron chi connectivity index (χ1n) is 12.7. The van der Waals surface area contributed by atoms with Gasteiger partial charge in [0.25, 0.3) is 5.91 Å². The summed E-state index contributed by atoms with van der Waals surface area (Å²) in [7, 11) is 0. The quantitative estimate of drug-likeness (QED) is 0.279. The molecule has 1 unspecified atom stereocenters. The number of pyridine rings is 1. The lowest BCUT2D eigenvalue weighted by Gasteiger charge is -2.22. The molecule has 2 aromatic carbocycles. The zero-order chi connectivity index (χ0) is 27.7. The van der Waals surface area contributed by atoms with Gasteiger partial charge in [0.1, 0.15) is 5.69 Å². The van der Waals surface area contributed by atoms with E-state index in [0.29, 0.717) is 47.6 Å². The predicted molar refractivity (Wildman–Crippen MR) is 149 cm³/mol. The Morgan fingerprint density at radius 1 is 1.21 bits per heavy atom. The van der Waals surface area contributed by atoms with E-state index in [1.54, 1.807) is 37.4 Å². The molecule has 0 radical (unpaired) electrons. The summed E-state index contributed by atoms with van der Waals surface area (Å²) in [5, 5.41) is 10.3. The highest BCUT2D eigenvalue weighted by atomic mass is 35.5. The van der Waals surface area contributed by atoms with Gasteiger partial charge in [-0.25, -0.2) is 9.07 Å². The van der Waals surface area contributed by atoms with Crippen LogP contribution in [0.1, 0.15) is 54.0 Å². The van der Waals surface area contributed by atoms with Crippen molar-refractivity contribution in [2.75, 3.05) is 11.1 Å². The first-order valence-corrected chi connectivity index (χ1v) is 13.1. The van der Waals surface area contributed by atoms with E-state index in [1.807, 2.05) is 25.1 Å². The summed E-state index contributed by atoms with van der Waals surface area (Å²) in [6.45, 7) is 3.58. The fraction of sp³-hybridized carbons (Fsp3) is 0.241. The van der Waals surface area contributed by atoms with Gasteiger partial charge in [0.05, 0.1) is 39.9 Å². The van der Waals surface area contributed by atoms with Crippen LogP contribution >= 0.6 is 11.6 Å². The van der Waals surface area contributed by atoms with E-state index in [-0.39, 0.29) is 28.4 Å². The molecule has 4 N–H and O–H groups in total. The van der Waals surface area contributed by atoms with Crippen molar-refractivity contribution in [3.8, 4) is 16.8 Å². The fourth-order valence-corrected chi connectivity index (χ4v) is 4.97. The normalized spacial score (nSPS) is 17.4. The van der Waals surface area contributed by atoms with Gasteiger partial charge in [0, 0.05) is 23.4 Å². The molecular weight excluding hydrogens is 519 g/mol. The second kappa shape index (κ2) is 10.9. The standard InChI is InChI=1S/C29H28ClFN6O2/c1-16-5-3-7-23(25-13-18(11-12-33-25)20-10-9-19(32)14-24(20)36-28(16)38)35-29(39)21-15-34-37(17(21)2)26-8-4-6-22(30)27(26)31/h4,6,8-16,23H,3,5,7,32H2,1-2H3,(H,35,39)(H,36,38)/t16-,23?/m0/s1. The zero-order valence-corrected chi connectivity index (χ0v) is 22.3. The molecule has 8 nitrogen and oxygen atoms in total. The van der Waals surface area contributed by atoms with Gasteiger partial charge in [-0.1, -0.05) is 37.1 Å². The van der Waals surface area contributed by atoms with Crippen molar-refractivity contribution in [1.29, 1.82) is 0 Å². The van der Waals surface area contributed by atoms with Gasteiger partial charge in [0.15, 0.2) is 5.82 Å². The van der Waals surface area contributed by atoms with E-state index in [2.05, 4.69) is 20.7 Å². The maximum Gasteiger partial charge on any atom is 0.255 e. The number of fused-ring (bicyclic) bond motifs is 4. The molecule has 4 aromatic rings. The average Bonchev–Trinajstić information content (AvgIpc) is 3.30. The highest BCUT2D eigenvalue weighted by Crippen LogP contribution is 2.33. The maximum atomic E-state index is 14.6. The third-order valence-electron chi connectivity index (χ3n) is 7.05. The zero-order valence-electron chi connectivity index (χ0n) is 21.5. The van der Waals surface area contributed by atoms with Crippen molar-refractivity contribution < 1.29 is 14.0 Å². The summed E-state index contributed by atoms with van der Waals surface area (Å²) in [6, 6.07) is 13.4. The van der Waals surface area contributed by atoms with Gasteiger partial charge < -0.3 is 16.4 Å². The van der Waals surface area contributed by atoms with Crippen molar-refractivity contribution in [1.82, 2.24) is 20.1 Å². The second-order valence-corrected chi connectivity index (χ2v) is 10.2. The van der Waals surface area contributed by atoms with Crippen molar-refractivity contribution in [2.45, 2.75) is 39.2 Å². The lowest BCUT2D eigenvalue weighted by Crippen LogP contribution is -2.30. The van der Waals surface area contributed by atoms with Gasteiger partial charge in [-0.15, -0.1) is 0 Å². The van der Waals surface area contributed by atoms with Crippen LogP contribution in [0.4, 0.5) is 15.8 Å². The first kappa shape index (κ1) is 26.4. The van der Waals surface area contributed by atoms with E-state index in [1.165, 1.54) is 16.9 Å². The predicted octanol–water partition coefficient (Wildman–Crippen LogP) is 5.85. The van der Waals surface area contributed by atoms with Crippen LogP contribution in [0.25, 0.3) is 16.8 Å². The topological polar surface area (TPSA) is 115 Å². The molecular formula is C29H28ClFN6O2. The molecule has 2 amide bonds. The Morgan fingerprint density at radius 2 is 2.03 bits per heavy atom. The number of anilines is 2. The molecule has 1 aliphatic heterocycles. The average molecular weight is 547 g/mol. The number of halogens is 2. The Bertz CT molecular complexity index is 1570. The number of carbonyl (C=O) groups is 2. The van der Waals surface area contributed by atoms with Crippen molar-refractivity contribution in [3.63, 3.8) is 0 Å². The molecule has 0 aliphatic carbocycles. The molecule has 200 valence electrons. The monoisotopic (exact) mass is 546 g/mol. The molecule has 0 saturated heterocycles. The lowest BCUT2D eigenvalue weighted by atomic mass is 9.95. The van der Waals surface area contributed by atoms with Crippen molar-refractivity contribution >= 4 is 34.8 Å². The van der Waals surface area contributed by atoms with Crippen LogP contribution in [-0.2, 0) is 4.79 Å². The third kappa shape index (κ3) is 5.35. The Labute approximate surface area is 230 Å². The molecule has 1 aliphatic rings. The molecule has 2 bridgehead atoms. The number of hydrogen-bond acceptors (Lipinski definition) is 5. The molecule has 5 rings (SSSR count). The van der Waals surface area contributed by atoms with Gasteiger partial charge >= 0.3 is 0 Å². The molecule has 3 heterocycles. The van der Waals surface area contributed by atoms with E-state index < -0.39 is 11.9 Å². The number of nitrogen functional groups attached to an aromatic ring is 1. The molecule has 2 aromatic heterocycles. The third-order valence-corrected chi connectivity index (χ3v) is 7.34. The molecule has 39 heavy (non-hydrogen) atoms. The molecule has 0 spiro atoms. The van der Waals surface area contributed by atoms with Crippen molar-refractivity contribution in [2.24, 2.45) is 5.92 Å². The number of aromatic nitrogens is 3. The Kier molecular flexibility index (Phi) is 7.34. The number of carbonyl (C=O) groups excluding carboxylic acids is 2. The number of amides is 2. The number of benzene rings is 2. The maximum absolute atomic E-state index is 14.6. The minimum Gasteiger partial charge on any atom is -0.399 e. The summed E-state index contributed by atoms with van der Waals surface area (Å²) >= 11 is 5.95. The summed E-state index contributed by atoms with van der Waals surface area (Å²) in [5.74, 6) is -1.30. The van der Waals surface area contributed by atoms with E-state index in [4.69, 9.17) is 17.3 Å². The number of rotatable bonds is 3. The number of nitrogens with zero attached hydrogens (tertiary/aromatic N) is 3. The largest absolute Gasteiger partial charge is 0.399 e. The van der Waals surface area contributed by atoms with E-state index in [9.17, 15) is 14.0 Å². The first-order chi connectivity index (χ1) is 18.7. The van der Waals surface area contributed by atoms with Crippen LogP contribution in [0.2, 0.25) is 5.02 Å². The summed E-state index contributed by atoms with van der Waals surface area (Å²) in [5.41, 5.74) is 10.5. The molecule has 10 heteroatoms. The minimum absolute atomic E-state index is 0.0280. The summed E-state index contributed by atoms with van der Waals surface area (Å²) in [4.78, 5) is 30.9. The summed E-state index contributed by atoms with van der Waals surface area (Å²) < 4.78 is 16.0. The van der Waals surface area contributed by atoms with Crippen LogP contribution in [0, 0.1) is 18.7 Å². The summed E-state index contributed by atoms with van der Waals surface area (Å²) in [6.07, 6.45) is 4.98. The lowest BCUT2D eigenvalue weighted by molar-refractivity contribution is -0.119. The van der Waals surface area contributed by atoms with Crippen LogP contribution in [0.5, 0.6) is 0 Å². The van der Waals surface area contributed by atoms with E-state index in [0.717, 1.165) is 11.1 Å². The van der Waals surface area contributed by atoms with Crippen LogP contribution in [0.3, 0.4) is 0 Å². The van der Waals surface area contributed by atoms with Crippen LogP contribution in [-0.4, -0.2) is 26.6 Å². The van der Waals surface area contributed by atoms with Crippen LogP contribution < -0.4 is 16.4 Å². The van der Waals surface area contributed by atoms with Gasteiger partial charge in [-0.05, 0) is 61.7 Å². The molecule has 2 atom stereocenters.